The van der Waals surface area contributed by atoms with Crippen molar-refractivity contribution in [3.8, 4) is 0 Å². The maximum Gasteiger partial charge on any atom is 0.306 e. The number of carbonyl (C=O) groups excluding carboxylic acids is 1. The van der Waals surface area contributed by atoms with Crippen LogP contribution in [0.2, 0.25) is 0 Å². The monoisotopic (exact) mass is 352 g/mol. The molecule has 2 aliphatic carbocycles. The fourth-order valence-electron chi connectivity index (χ4n) is 4.85. The van der Waals surface area contributed by atoms with Gasteiger partial charge in [0, 0.05) is 19.3 Å². The highest BCUT2D eigenvalue weighted by molar-refractivity contribution is 5.82. The Hall–Kier alpha value is -1.14. The van der Waals surface area contributed by atoms with E-state index in [9.17, 15) is 9.59 Å². The number of nitrogens with zero attached hydrogens (tertiary/aromatic N) is 1. The molecule has 3 rings (SSSR count). The van der Waals surface area contributed by atoms with Gasteiger partial charge in [-0.1, -0.05) is 6.92 Å². The van der Waals surface area contributed by atoms with Gasteiger partial charge in [-0.2, -0.15) is 0 Å². The second-order valence-corrected chi connectivity index (χ2v) is 8.22. The number of hydrogen-bond acceptors (Lipinski definition) is 4. The van der Waals surface area contributed by atoms with Crippen molar-refractivity contribution in [3.63, 3.8) is 0 Å². The number of ether oxygens (including phenoxy) is 1. The number of amides is 1. The SMILES string of the molecule is CCCOCCC(C(=O)NC1CC2(C1)CC(C(=O)O)C2)N1CCCC1. The minimum Gasteiger partial charge on any atom is -0.481 e. The number of carboxylic acids is 1. The van der Waals surface area contributed by atoms with Crippen molar-refractivity contribution in [3.05, 3.63) is 0 Å². The van der Waals surface area contributed by atoms with Gasteiger partial charge in [0.2, 0.25) is 5.91 Å². The fraction of sp³-hybridized carbons (Fsp3) is 0.895. The quantitative estimate of drug-likeness (QED) is 0.621. The van der Waals surface area contributed by atoms with E-state index in [0.29, 0.717) is 6.61 Å². The van der Waals surface area contributed by atoms with Crippen molar-refractivity contribution >= 4 is 11.9 Å². The van der Waals surface area contributed by atoms with Gasteiger partial charge in [0.05, 0.1) is 12.0 Å². The third kappa shape index (κ3) is 4.34. The molecule has 6 heteroatoms. The van der Waals surface area contributed by atoms with E-state index in [1.165, 1.54) is 12.8 Å². The summed E-state index contributed by atoms with van der Waals surface area (Å²) >= 11 is 0. The van der Waals surface area contributed by atoms with Crippen LogP contribution in [-0.4, -0.2) is 60.3 Å². The van der Waals surface area contributed by atoms with Gasteiger partial charge in [-0.05, 0) is 69.9 Å². The third-order valence-electron chi connectivity index (χ3n) is 6.18. The number of nitrogens with one attached hydrogen (secondary N) is 1. The molecule has 0 aromatic rings. The molecule has 142 valence electrons. The standard InChI is InChI=1S/C19H32N2O4/c1-2-8-25-9-5-16(21-6-3-4-7-21)17(22)20-15-12-19(13-15)10-14(11-19)18(23)24/h14-16H,2-13H2,1H3,(H,20,22)(H,23,24). The number of rotatable bonds is 9. The van der Waals surface area contributed by atoms with Crippen molar-refractivity contribution < 1.29 is 19.4 Å². The molecule has 1 amide bonds. The molecular formula is C19H32N2O4. The Kier molecular flexibility index (Phi) is 6.00. The predicted octanol–water partition coefficient (Wildman–Crippen LogP) is 2.03. The zero-order chi connectivity index (χ0) is 17.9. The van der Waals surface area contributed by atoms with Crippen LogP contribution in [0.4, 0.5) is 0 Å². The normalized spacial score (nSPS) is 32.8. The largest absolute Gasteiger partial charge is 0.481 e. The lowest BCUT2D eigenvalue weighted by Crippen LogP contribution is -2.59. The lowest BCUT2D eigenvalue weighted by Gasteiger charge is -2.56. The Morgan fingerprint density at radius 1 is 1.20 bits per heavy atom. The summed E-state index contributed by atoms with van der Waals surface area (Å²) < 4.78 is 5.60. The van der Waals surface area contributed by atoms with E-state index in [1.807, 2.05) is 0 Å². The molecule has 1 unspecified atom stereocenters. The van der Waals surface area contributed by atoms with Gasteiger partial charge >= 0.3 is 5.97 Å². The molecule has 2 saturated carbocycles. The molecule has 3 fully saturated rings. The predicted molar refractivity (Wildman–Crippen MR) is 94.3 cm³/mol. The highest BCUT2D eigenvalue weighted by atomic mass is 16.5. The Balaban J connectivity index is 1.43. The number of carboxylic acid groups (broad SMARTS) is 1. The van der Waals surface area contributed by atoms with Crippen LogP contribution < -0.4 is 5.32 Å². The molecule has 0 aromatic carbocycles. The third-order valence-corrected chi connectivity index (χ3v) is 6.18. The molecular weight excluding hydrogens is 320 g/mol. The summed E-state index contributed by atoms with van der Waals surface area (Å²) in [6.45, 7) is 5.48. The molecule has 1 heterocycles. The molecule has 6 nitrogen and oxygen atoms in total. The molecule has 3 aliphatic rings. The molecule has 25 heavy (non-hydrogen) atoms. The molecule has 0 radical (unpaired) electrons. The summed E-state index contributed by atoms with van der Waals surface area (Å²) in [6, 6.07) is 0.146. The van der Waals surface area contributed by atoms with E-state index in [0.717, 1.165) is 58.2 Å². The van der Waals surface area contributed by atoms with Gasteiger partial charge in [0.25, 0.3) is 0 Å². The average molecular weight is 352 g/mol. The van der Waals surface area contributed by atoms with Crippen molar-refractivity contribution in [1.82, 2.24) is 10.2 Å². The maximum absolute atomic E-state index is 12.8. The lowest BCUT2D eigenvalue weighted by atomic mass is 9.50. The Bertz CT molecular complexity index is 476. The van der Waals surface area contributed by atoms with Crippen LogP contribution in [0.5, 0.6) is 0 Å². The number of hydrogen-bond donors (Lipinski definition) is 2. The topological polar surface area (TPSA) is 78.9 Å². The van der Waals surface area contributed by atoms with Crippen LogP contribution in [0.1, 0.15) is 58.3 Å². The van der Waals surface area contributed by atoms with Crippen molar-refractivity contribution in [2.45, 2.75) is 70.4 Å². The van der Waals surface area contributed by atoms with E-state index < -0.39 is 5.97 Å². The average Bonchev–Trinajstić information content (AvgIpc) is 3.01. The van der Waals surface area contributed by atoms with Gasteiger partial charge < -0.3 is 15.2 Å². The minimum absolute atomic E-state index is 0.0796. The second-order valence-electron chi connectivity index (χ2n) is 8.22. The summed E-state index contributed by atoms with van der Waals surface area (Å²) in [5, 5.41) is 12.2. The van der Waals surface area contributed by atoms with Crippen molar-refractivity contribution in [1.29, 1.82) is 0 Å². The maximum atomic E-state index is 12.8. The smallest absolute Gasteiger partial charge is 0.306 e. The first-order valence-electron chi connectivity index (χ1n) is 9.88. The van der Waals surface area contributed by atoms with E-state index in [1.54, 1.807) is 0 Å². The number of likely N-dealkylation sites (tertiary alicyclic amines) is 1. The molecule has 0 bridgehead atoms. The molecule has 1 saturated heterocycles. The summed E-state index contributed by atoms with van der Waals surface area (Å²) in [5.41, 5.74) is 0.203. The van der Waals surface area contributed by atoms with Crippen molar-refractivity contribution in [2.24, 2.45) is 11.3 Å². The number of aliphatic carboxylic acids is 1. The highest BCUT2D eigenvalue weighted by Gasteiger charge is 2.55. The second kappa shape index (κ2) is 8.04. The van der Waals surface area contributed by atoms with Crippen LogP contribution in [0, 0.1) is 11.3 Å². The molecule has 1 atom stereocenters. The molecule has 0 aromatic heterocycles. The summed E-state index contributed by atoms with van der Waals surface area (Å²) in [4.78, 5) is 26.0. The highest BCUT2D eigenvalue weighted by Crippen LogP contribution is 2.58. The van der Waals surface area contributed by atoms with Gasteiger partial charge in [0.15, 0.2) is 0 Å². The van der Waals surface area contributed by atoms with Gasteiger partial charge in [-0.15, -0.1) is 0 Å². The van der Waals surface area contributed by atoms with E-state index in [-0.39, 0.29) is 29.3 Å². The lowest BCUT2D eigenvalue weighted by molar-refractivity contribution is -0.157. The van der Waals surface area contributed by atoms with E-state index in [2.05, 4.69) is 17.1 Å². The fourth-order valence-corrected chi connectivity index (χ4v) is 4.85. The first kappa shape index (κ1) is 18.6. The van der Waals surface area contributed by atoms with Gasteiger partial charge in [-0.25, -0.2) is 0 Å². The van der Waals surface area contributed by atoms with E-state index in [4.69, 9.17) is 9.84 Å². The van der Waals surface area contributed by atoms with Crippen molar-refractivity contribution in [2.75, 3.05) is 26.3 Å². The Morgan fingerprint density at radius 2 is 1.88 bits per heavy atom. The zero-order valence-corrected chi connectivity index (χ0v) is 15.3. The summed E-state index contributed by atoms with van der Waals surface area (Å²) in [5.74, 6) is -0.694. The van der Waals surface area contributed by atoms with Crippen LogP contribution in [0.25, 0.3) is 0 Å². The van der Waals surface area contributed by atoms with Crippen LogP contribution in [0.15, 0.2) is 0 Å². The van der Waals surface area contributed by atoms with Gasteiger partial charge in [-0.3, -0.25) is 14.5 Å². The Labute approximate surface area is 150 Å². The molecule has 1 aliphatic heterocycles. The molecule has 2 N–H and O–H groups in total. The first-order valence-corrected chi connectivity index (χ1v) is 9.88. The minimum atomic E-state index is -0.667. The number of carbonyl (C=O) groups is 2. The Morgan fingerprint density at radius 3 is 2.48 bits per heavy atom. The summed E-state index contributed by atoms with van der Waals surface area (Å²) in [6.07, 6.45) is 7.56. The summed E-state index contributed by atoms with van der Waals surface area (Å²) in [7, 11) is 0. The zero-order valence-electron chi connectivity index (χ0n) is 15.3. The van der Waals surface area contributed by atoms with E-state index >= 15 is 0 Å². The first-order chi connectivity index (χ1) is 12.0. The van der Waals surface area contributed by atoms with Gasteiger partial charge in [0.1, 0.15) is 0 Å². The van der Waals surface area contributed by atoms with Crippen LogP contribution in [0.3, 0.4) is 0 Å². The molecule has 1 spiro atoms. The van der Waals surface area contributed by atoms with Crippen LogP contribution in [-0.2, 0) is 14.3 Å². The van der Waals surface area contributed by atoms with Crippen LogP contribution >= 0.6 is 0 Å².